The number of alkyl halides is 3. The molecule has 13 heteroatoms. The molecule has 1 fully saturated rings. The van der Waals surface area contributed by atoms with Crippen LogP contribution in [0.5, 0.6) is 5.88 Å². The van der Waals surface area contributed by atoms with Crippen molar-refractivity contribution in [1.82, 2.24) is 9.97 Å². The van der Waals surface area contributed by atoms with Crippen LogP contribution in [0.1, 0.15) is 36.3 Å². The van der Waals surface area contributed by atoms with Gasteiger partial charge in [0.1, 0.15) is 34.4 Å². The number of anilines is 1. The lowest BCUT2D eigenvalue weighted by atomic mass is 9.66. The molecular formula is C23H22F4N6O3. The molecule has 1 amide bonds. The number of aromatic nitrogens is 2. The van der Waals surface area contributed by atoms with Gasteiger partial charge in [-0.05, 0) is 31.5 Å². The van der Waals surface area contributed by atoms with E-state index in [1.54, 1.807) is 0 Å². The molecule has 1 saturated heterocycles. The smallest absolute Gasteiger partial charge is 0.275 e. The predicted octanol–water partition coefficient (Wildman–Crippen LogP) is 3.33. The van der Waals surface area contributed by atoms with Gasteiger partial charge in [0, 0.05) is 24.1 Å². The summed E-state index contributed by atoms with van der Waals surface area (Å²) in [4.78, 5) is 24.6. The van der Waals surface area contributed by atoms with Crippen LogP contribution in [0, 0.1) is 28.5 Å². The zero-order chi connectivity index (χ0) is 26.3. The highest BCUT2D eigenvalue weighted by molar-refractivity contribution is 6.02. The van der Waals surface area contributed by atoms with Crippen molar-refractivity contribution in [2.45, 2.75) is 37.8 Å². The summed E-state index contributed by atoms with van der Waals surface area (Å²) in [7, 11) is 0. The number of halogens is 4. The molecule has 36 heavy (non-hydrogen) atoms. The Hall–Kier alpha value is -3.79. The summed E-state index contributed by atoms with van der Waals surface area (Å²) in [6.07, 6.45) is 0.347. The van der Waals surface area contributed by atoms with Gasteiger partial charge in [-0.15, -0.1) is 0 Å². The van der Waals surface area contributed by atoms with Crippen molar-refractivity contribution in [1.29, 1.82) is 5.26 Å². The highest BCUT2D eigenvalue weighted by Gasteiger charge is 2.62. The molecule has 190 valence electrons. The lowest BCUT2D eigenvalue weighted by Crippen LogP contribution is -2.52. The second kappa shape index (κ2) is 9.02. The third-order valence-electron chi connectivity index (χ3n) is 6.48. The normalized spacial score (nSPS) is 27.5. The van der Waals surface area contributed by atoms with E-state index in [2.05, 4.69) is 25.0 Å². The number of nitriles is 1. The minimum absolute atomic E-state index is 0.113. The van der Waals surface area contributed by atoms with Gasteiger partial charge in [0.15, 0.2) is 0 Å². The van der Waals surface area contributed by atoms with Crippen LogP contribution in [-0.2, 0) is 10.3 Å². The summed E-state index contributed by atoms with van der Waals surface area (Å²) in [6, 6.07) is 5.61. The Bertz CT molecular complexity index is 1250. The van der Waals surface area contributed by atoms with Crippen molar-refractivity contribution in [2.24, 2.45) is 22.1 Å². The largest absolute Gasteiger partial charge is 0.445 e. The zero-order valence-corrected chi connectivity index (χ0v) is 19.3. The van der Waals surface area contributed by atoms with Crippen molar-refractivity contribution in [2.75, 3.05) is 18.8 Å². The predicted molar refractivity (Wildman–Crippen MR) is 118 cm³/mol. The Kier molecular flexibility index (Phi) is 6.34. The molecule has 0 saturated carbocycles. The van der Waals surface area contributed by atoms with Crippen molar-refractivity contribution in [3.63, 3.8) is 0 Å². The minimum atomic E-state index is -3.30. The number of aliphatic imine (C=N–C) groups is 1. The molecule has 3 heterocycles. The summed E-state index contributed by atoms with van der Waals surface area (Å²) in [5.41, 5.74) is 2.96. The van der Waals surface area contributed by atoms with Gasteiger partial charge in [-0.1, -0.05) is 0 Å². The van der Waals surface area contributed by atoms with E-state index < -0.39 is 54.1 Å². The number of nitrogens with zero attached hydrogens (tertiary/aromatic N) is 4. The van der Waals surface area contributed by atoms with E-state index in [9.17, 15) is 23.2 Å². The number of fused-ring (bicyclic) bond motifs is 1. The van der Waals surface area contributed by atoms with Crippen LogP contribution in [-0.4, -0.2) is 47.2 Å². The molecule has 3 N–H and O–H groups in total. The van der Waals surface area contributed by atoms with E-state index in [0.717, 1.165) is 18.5 Å². The van der Waals surface area contributed by atoms with Gasteiger partial charge in [-0.25, -0.2) is 27.5 Å². The average molecular weight is 506 g/mol. The van der Waals surface area contributed by atoms with E-state index >= 15 is 4.39 Å². The van der Waals surface area contributed by atoms with E-state index in [4.69, 9.17) is 10.5 Å². The zero-order valence-electron chi connectivity index (χ0n) is 19.3. The molecular weight excluding hydrogens is 484 g/mol. The lowest BCUT2D eigenvalue weighted by Gasteiger charge is -2.42. The van der Waals surface area contributed by atoms with Crippen molar-refractivity contribution in [3.8, 4) is 11.9 Å². The quantitative estimate of drug-likeness (QED) is 0.574. The number of nitrogens with one attached hydrogen (secondary N) is 1. The summed E-state index contributed by atoms with van der Waals surface area (Å²) in [6.45, 7) is 0.661. The number of benzene rings is 1. The molecule has 0 bridgehead atoms. The van der Waals surface area contributed by atoms with Crippen LogP contribution in [0.15, 0.2) is 35.6 Å². The second-order valence-electron chi connectivity index (χ2n) is 9.01. The number of amides is 1. The fourth-order valence-electron chi connectivity index (χ4n) is 4.60. The molecule has 2 aliphatic heterocycles. The van der Waals surface area contributed by atoms with Crippen LogP contribution in [0.4, 0.5) is 23.2 Å². The molecule has 2 aliphatic rings. The number of nitrogens with two attached hydrogens (primary N) is 1. The maximum absolute atomic E-state index is 15.2. The Morgan fingerprint density at radius 2 is 2.14 bits per heavy atom. The number of amidine groups is 1. The summed E-state index contributed by atoms with van der Waals surface area (Å²) >= 11 is 0. The van der Waals surface area contributed by atoms with Gasteiger partial charge >= 0.3 is 0 Å². The van der Waals surface area contributed by atoms with Crippen LogP contribution in [0.3, 0.4) is 0 Å². The van der Waals surface area contributed by atoms with Crippen molar-refractivity contribution in [3.05, 3.63) is 47.7 Å². The van der Waals surface area contributed by atoms with Crippen LogP contribution in [0.25, 0.3) is 0 Å². The fourth-order valence-corrected chi connectivity index (χ4v) is 4.60. The summed E-state index contributed by atoms with van der Waals surface area (Å²) in [5, 5.41) is 12.2. The third-order valence-corrected chi connectivity index (χ3v) is 6.48. The number of rotatable bonds is 6. The van der Waals surface area contributed by atoms with E-state index in [1.165, 1.54) is 19.1 Å². The monoisotopic (exact) mass is 506 g/mol. The van der Waals surface area contributed by atoms with Gasteiger partial charge < -0.3 is 20.5 Å². The van der Waals surface area contributed by atoms with Crippen molar-refractivity contribution < 1.29 is 31.8 Å². The van der Waals surface area contributed by atoms with Gasteiger partial charge in [0.25, 0.3) is 11.8 Å². The van der Waals surface area contributed by atoms with Gasteiger partial charge in [0.05, 0.1) is 25.1 Å². The number of hydrogen-bond acceptors (Lipinski definition) is 8. The molecule has 0 aliphatic carbocycles. The lowest BCUT2D eigenvalue weighted by molar-refractivity contribution is -0.118. The van der Waals surface area contributed by atoms with Crippen LogP contribution in [0.2, 0.25) is 0 Å². The SMILES string of the molecule is CC(F)(F)[C@H]1OC[C@]2(c3cc(NC(=O)c4cnc(OCF)cn4)ccc3F)N=C(N)[C@](C)(C#N)C[C@H]12. The molecule has 2 aromatic rings. The van der Waals surface area contributed by atoms with Gasteiger partial charge in [0.2, 0.25) is 12.7 Å². The second-order valence-corrected chi connectivity index (χ2v) is 9.01. The molecule has 1 aromatic heterocycles. The maximum atomic E-state index is 15.2. The number of hydrogen-bond donors (Lipinski definition) is 2. The van der Waals surface area contributed by atoms with Gasteiger partial charge in [-0.2, -0.15) is 5.26 Å². The fraction of sp³-hybridized carbons (Fsp3) is 0.435. The first-order chi connectivity index (χ1) is 16.9. The summed E-state index contributed by atoms with van der Waals surface area (Å²) in [5.74, 6) is -6.11. The first-order valence-electron chi connectivity index (χ1n) is 10.8. The molecule has 9 nitrogen and oxygen atoms in total. The first-order valence-corrected chi connectivity index (χ1v) is 10.8. The van der Waals surface area contributed by atoms with Gasteiger partial charge in [-0.3, -0.25) is 9.79 Å². The van der Waals surface area contributed by atoms with E-state index in [0.29, 0.717) is 6.92 Å². The Morgan fingerprint density at radius 1 is 1.39 bits per heavy atom. The molecule has 4 atom stereocenters. The Balaban J connectivity index is 1.72. The van der Waals surface area contributed by atoms with Crippen LogP contribution < -0.4 is 15.8 Å². The Morgan fingerprint density at radius 3 is 2.75 bits per heavy atom. The number of carbonyl (C=O) groups is 1. The maximum Gasteiger partial charge on any atom is 0.275 e. The van der Waals surface area contributed by atoms with Crippen molar-refractivity contribution >= 4 is 17.4 Å². The summed E-state index contributed by atoms with van der Waals surface area (Å²) < 4.78 is 66.4. The standard InChI is InChI=1S/C23H22F4N6O3/c1-21(9-28)6-14-18(22(2,26)27)35-10-23(14,33-20(21)29)13-5-12(3-4-15(13)25)32-19(34)16-7-31-17(8-30-16)36-11-24/h3-5,7-8,14,18H,6,10-11H2,1-2H3,(H2,29,33)(H,32,34)/t14-,18+,21+,23-/m1/s1. The van der Waals surface area contributed by atoms with E-state index in [-0.39, 0.29) is 35.1 Å². The molecule has 0 radical (unpaired) electrons. The van der Waals surface area contributed by atoms with E-state index in [1.807, 2.05) is 6.07 Å². The molecule has 0 spiro atoms. The molecule has 1 aromatic carbocycles. The number of ether oxygens (including phenoxy) is 2. The number of carbonyl (C=O) groups excluding carboxylic acids is 1. The van der Waals surface area contributed by atoms with Crippen LogP contribution >= 0.6 is 0 Å². The molecule has 0 unspecified atom stereocenters. The minimum Gasteiger partial charge on any atom is -0.445 e. The third kappa shape index (κ3) is 4.32. The first kappa shape index (κ1) is 25.3. The highest BCUT2D eigenvalue weighted by Crippen LogP contribution is 2.55. The Labute approximate surface area is 203 Å². The topological polar surface area (TPSA) is 136 Å². The molecule has 4 rings (SSSR count). The average Bonchev–Trinajstić information content (AvgIpc) is 3.20. The highest BCUT2D eigenvalue weighted by atomic mass is 19.3.